The lowest BCUT2D eigenvalue weighted by Gasteiger charge is -2.09. The van der Waals surface area contributed by atoms with Crippen LogP contribution in [0.15, 0.2) is 66.2 Å². The summed E-state index contributed by atoms with van der Waals surface area (Å²) >= 11 is 6.46. The molecule has 0 bridgehead atoms. The third-order valence-corrected chi connectivity index (χ3v) is 4.45. The highest BCUT2D eigenvalue weighted by Crippen LogP contribution is 2.29. The van der Waals surface area contributed by atoms with Crippen molar-refractivity contribution in [3.05, 3.63) is 82.4 Å². The second-order valence-electron chi connectivity index (χ2n) is 5.82. The van der Waals surface area contributed by atoms with Gasteiger partial charge in [0.05, 0.1) is 16.3 Å². The van der Waals surface area contributed by atoms with Gasteiger partial charge in [-0.2, -0.15) is 0 Å². The first-order chi connectivity index (χ1) is 12.5. The predicted octanol–water partition coefficient (Wildman–Crippen LogP) is 5.23. The Balaban J connectivity index is 1.90. The van der Waals surface area contributed by atoms with Crippen molar-refractivity contribution in [1.29, 1.82) is 0 Å². The van der Waals surface area contributed by atoms with Crippen LogP contribution in [0.4, 0.5) is 5.69 Å². The number of fused-ring (bicyclic) bond motifs is 1. The normalized spacial score (nSPS) is 11.4. The Hall–Kier alpha value is -3.11. The number of halogens is 1. The first-order valence-corrected chi connectivity index (χ1v) is 8.34. The molecule has 0 atom stereocenters. The van der Waals surface area contributed by atoms with Gasteiger partial charge in [-0.1, -0.05) is 60.1 Å². The fraction of sp³-hybridized carbons (Fsp3) is 0.0476. The van der Waals surface area contributed by atoms with Gasteiger partial charge in [0.1, 0.15) is 0 Å². The Labute approximate surface area is 155 Å². The maximum absolute atomic E-state index is 12.5. The van der Waals surface area contributed by atoms with E-state index in [1.807, 2.05) is 36.4 Å². The summed E-state index contributed by atoms with van der Waals surface area (Å²) in [5.74, 6) is -1.48. The lowest BCUT2D eigenvalue weighted by molar-refractivity contribution is -0.112. The van der Waals surface area contributed by atoms with E-state index in [4.69, 9.17) is 11.6 Å². The van der Waals surface area contributed by atoms with Crippen LogP contribution in [-0.2, 0) is 4.79 Å². The summed E-state index contributed by atoms with van der Waals surface area (Å²) in [7, 11) is 0. The zero-order valence-corrected chi connectivity index (χ0v) is 14.7. The van der Waals surface area contributed by atoms with Crippen LogP contribution in [0.1, 0.15) is 22.8 Å². The van der Waals surface area contributed by atoms with Crippen LogP contribution in [0.5, 0.6) is 0 Å². The summed E-state index contributed by atoms with van der Waals surface area (Å²) < 4.78 is 0. The molecule has 0 saturated carbocycles. The number of aromatic carboxylic acids is 1. The largest absolute Gasteiger partial charge is 0.478 e. The first-order valence-electron chi connectivity index (χ1n) is 7.96. The quantitative estimate of drug-likeness (QED) is 0.622. The van der Waals surface area contributed by atoms with Crippen molar-refractivity contribution in [2.24, 2.45) is 0 Å². The third-order valence-electron chi connectivity index (χ3n) is 4.03. The Morgan fingerprint density at radius 1 is 1.00 bits per heavy atom. The number of carboxylic acid groups (broad SMARTS) is 1. The highest BCUT2D eigenvalue weighted by Gasteiger charge is 2.13. The molecule has 4 nitrogen and oxygen atoms in total. The minimum Gasteiger partial charge on any atom is -0.478 e. The molecule has 0 aromatic heterocycles. The number of para-hydroxylation sites is 1. The molecule has 5 heteroatoms. The van der Waals surface area contributed by atoms with Gasteiger partial charge in [0.15, 0.2) is 0 Å². The molecule has 0 aliphatic carbocycles. The summed E-state index contributed by atoms with van der Waals surface area (Å²) in [5, 5.41) is 14.3. The molecule has 0 saturated heterocycles. The van der Waals surface area contributed by atoms with Crippen molar-refractivity contribution < 1.29 is 14.7 Å². The molecule has 2 N–H and O–H groups in total. The Bertz CT molecular complexity index is 1040. The molecule has 3 rings (SSSR count). The van der Waals surface area contributed by atoms with Crippen LogP contribution < -0.4 is 5.32 Å². The fourth-order valence-electron chi connectivity index (χ4n) is 2.66. The summed E-state index contributed by atoms with van der Waals surface area (Å²) in [6, 6.07) is 17.8. The zero-order valence-electron chi connectivity index (χ0n) is 14.0. The average molecular weight is 366 g/mol. The van der Waals surface area contributed by atoms with Gasteiger partial charge in [-0.15, -0.1) is 0 Å². The molecular formula is C21H16ClNO3. The number of carbonyl (C=O) groups is 2. The number of carbonyl (C=O) groups excluding carboxylic acids is 1. The second-order valence-corrected chi connectivity index (χ2v) is 6.20. The molecule has 0 heterocycles. The molecular weight excluding hydrogens is 350 g/mol. The molecule has 0 fully saturated rings. The summed E-state index contributed by atoms with van der Waals surface area (Å²) in [6.45, 7) is 1.66. The number of hydrogen-bond donors (Lipinski definition) is 2. The van der Waals surface area contributed by atoms with Crippen molar-refractivity contribution in [2.45, 2.75) is 6.92 Å². The van der Waals surface area contributed by atoms with E-state index in [-0.39, 0.29) is 17.2 Å². The SMILES string of the molecule is C/C(=C\c1ccc2ccccc2c1Cl)C(=O)Nc1ccccc1C(=O)O. The number of rotatable bonds is 4. The van der Waals surface area contributed by atoms with Crippen LogP contribution in [0.25, 0.3) is 16.8 Å². The van der Waals surface area contributed by atoms with Crippen LogP contribution in [0.2, 0.25) is 5.02 Å². The first kappa shape index (κ1) is 17.7. The van der Waals surface area contributed by atoms with Crippen LogP contribution >= 0.6 is 11.6 Å². The van der Waals surface area contributed by atoms with Gasteiger partial charge < -0.3 is 10.4 Å². The van der Waals surface area contributed by atoms with E-state index >= 15 is 0 Å². The maximum Gasteiger partial charge on any atom is 0.337 e. The standard InChI is InChI=1S/C21H16ClNO3/c1-13(20(24)23-18-9-5-4-8-17(18)21(25)26)12-15-11-10-14-6-2-3-7-16(14)19(15)22/h2-12H,1H3,(H,23,24)(H,25,26)/b13-12+. The van der Waals surface area contributed by atoms with Gasteiger partial charge in [0, 0.05) is 11.0 Å². The molecule has 0 spiro atoms. The van der Waals surface area contributed by atoms with Crippen LogP contribution in [0.3, 0.4) is 0 Å². The molecule has 3 aromatic rings. The fourth-order valence-corrected chi connectivity index (χ4v) is 2.95. The number of carboxylic acids is 1. The topological polar surface area (TPSA) is 66.4 Å². The van der Waals surface area contributed by atoms with Crippen LogP contribution in [-0.4, -0.2) is 17.0 Å². The molecule has 26 heavy (non-hydrogen) atoms. The molecule has 0 aliphatic heterocycles. The molecule has 1 amide bonds. The highest BCUT2D eigenvalue weighted by atomic mass is 35.5. The predicted molar refractivity (Wildman–Crippen MR) is 105 cm³/mol. The Kier molecular flexibility index (Phi) is 5.05. The van der Waals surface area contributed by atoms with Gasteiger partial charge in [-0.05, 0) is 36.1 Å². The van der Waals surface area contributed by atoms with Crippen molar-refractivity contribution in [2.75, 3.05) is 5.32 Å². The molecule has 0 aliphatic rings. The van der Waals surface area contributed by atoms with E-state index in [1.54, 1.807) is 31.2 Å². The van der Waals surface area contributed by atoms with Crippen molar-refractivity contribution in [3.63, 3.8) is 0 Å². The lowest BCUT2D eigenvalue weighted by Crippen LogP contribution is -2.15. The van der Waals surface area contributed by atoms with E-state index < -0.39 is 5.97 Å². The van der Waals surface area contributed by atoms with E-state index in [1.165, 1.54) is 6.07 Å². The average Bonchev–Trinajstić information content (AvgIpc) is 2.64. The summed E-state index contributed by atoms with van der Waals surface area (Å²) in [5.41, 5.74) is 1.44. The van der Waals surface area contributed by atoms with Crippen molar-refractivity contribution in [3.8, 4) is 0 Å². The highest BCUT2D eigenvalue weighted by molar-refractivity contribution is 6.37. The summed E-state index contributed by atoms with van der Waals surface area (Å²) in [4.78, 5) is 23.7. The monoisotopic (exact) mass is 365 g/mol. The molecule has 130 valence electrons. The van der Waals surface area contributed by atoms with E-state index in [2.05, 4.69) is 5.32 Å². The molecule has 0 radical (unpaired) electrons. The number of nitrogens with one attached hydrogen (secondary N) is 1. The van der Waals surface area contributed by atoms with Crippen molar-refractivity contribution in [1.82, 2.24) is 0 Å². The number of amides is 1. The number of hydrogen-bond acceptors (Lipinski definition) is 2. The van der Waals surface area contributed by atoms with Gasteiger partial charge in [0.2, 0.25) is 0 Å². The molecule has 3 aromatic carbocycles. The lowest BCUT2D eigenvalue weighted by atomic mass is 10.0. The van der Waals surface area contributed by atoms with Crippen molar-refractivity contribution >= 4 is 46.0 Å². The van der Waals surface area contributed by atoms with Gasteiger partial charge in [-0.25, -0.2) is 4.79 Å². The smallest absolute Gasteiger partial charge is 0.337 e. The zero-order chi connectivity index (χ0) is 18.7. The Morgan fingerprint density at radius 2 is 1.69 bits per heavy atom. The van der Waals surface area contributed by atoms with Crippen LogP contribution in [0, 0.1) is 0 Å². The summed E-state index contributed by atoms with van der Waals surface area (Å²) in [6.07, 6.45) is 1.69. The minimum absolute atomic E-state index is 0.0392. The molecule has 0 unspecified atom stereocenters. The third kappa shape index (κ3) is 3.60. The minimum atomic E-state index is -1.10. The van der Waals surface area contributed by atoms with E-state index in [9.17, 15) is 14.7 Å². The number of anilines is 1. The van der Waals surface area contributed by atoms with Gasteiger partial charge in [-0.3, -0.25) is 4.79 Å². The van der Waals surface area contributed by atoms with E-state index in [0.29, 0.717) is 10.6 Å². The number of benzene rings is 3. The Morgan fingerprint density at radius 3 is 2.46 bits per heavy atom. The van der Waals surface area contributed by atoms with Gasteiger partial charge >= 0.3 is 5.97 Å². The van der Waals surface area contributed by atoms with E-state index in [0.717, 1.165) is 16.3 Å². The second kappa shape index (κ2) is 7.42. The maximum atomic E-state index is 12.5. The van der Waals surface area contributed by atoms with Gasteiger partial charge in [0.25, 0.3) is 5.91 Å².